The van der Waals surface area contributed by atoms with Gasteiger partial charge in [0.1, 0.15) is 0 Å². The predicted octanol–water partition coefficient (Wildman–Crippen LogP) is 2.17. The summed E-state index contributed by atoms with van der Waals surface area (Å²) in [5, 5.41) is 11.0. The van der Waals surface area contributed by atoms with Gasteiger partial charge >= 0.3 is 0 Å². The van der Waals surface area contributed by atoms with Crippen LogP contribution in [0.3, 0.4) is 0 Å². The molecular weight excluding hydrogens is 236 g/mol. The van der Waals surface area contributed by atoms with Crippen molar-refractivity contribution in [2.45, 2.75) is 12.7 Å². The van der Waals surface area contributed by atoms with E-state index in [1.54, 1.807) is 0 Å². The van der Waals surface area contributed by atoms with E-state index in [0.29, 0.717) is 17.5 Å². The maximum atomic E-state index is 7.10. The summed E-state index contributed by atoms with van der Waals surface area (Å²) in [5.41, 5.74) is 7.28. The second kappa shape index (κ2) is 5.01. The minimum absolute atomic E-state index is 0.0481. The van der Waals surface area contributed by atoms with Gasteiger partial charge in [0, 0.05) is 5.56 Å². The fourth-order valence-electron chi connectivity index (χ4n) is 1.35. The number of nitrogens with zero attached hydrogens (tertiary/aromatic N) is 2. The Balaban J connectivity index is 2.15. The van der Waals surface area contributed by atoms with Crippen LogP contribution in [0.4, 0.5) is 0 Å². The number of aryl methyl sites for hydroxylation is 1. The molecule has 0 aliphatic carbocycles. The molecule has 6 heteroatoms. The van der Waals surface area contributed by atoms with E-state index < -0.39 is 0 Å². The van der Waals surface area contributed by atoms with E-state index in [1.165, 1.54) is 11.8 Å². The quantitative estimate of drug-likeness (QED) is 0.642. The lowest BCUT2D eigenvalue weighted by Crippen LogP contribution is -2.04. The molecule has 2 aromatic rings. The zero-order valence-electron chi connectivity index (χ0n) is 9.30. The first-order chi connectivity index (χ1) is 8.15. The third-order valence-electron chi connectivity index (χ3n) is 2.09. The van der Waals surface area contributed by atoms with Crippen LogP contribution in [0.2, 0.25) is 0 Å². The standard InChI is InChI=1S/C11H12N4OS/c1-7-3-2-4-8(5-7)10-14-9(15-16-10)6-17-11(12)13/h2-5H,6H2,1H3,(H3,12,13). The number of thioether (sulfide) groups is 1. The number of rotatable bonds is 3. The van der Waals surface area contributed by atoms with E-state index in [4.69, 9.17) is 15.7 Å². The van der Waals surface area contributed by atoms with Gasteiger partial charge < -0.3 is 10.3 Å². The van der Waals surface area contributed by atoms with E-state index in [0.717, 1.165) is 11.1 Å². The van der Waals surface area contributed by atoms with Crippen LogP contribution in [0.5, 0.6) is 0 Å². The molecule has 88 valence electrons. The van der Waals surface area contributed by atoms with Crippen LogP contribution >= 0.6 is 11.8 Å². The Kier molecular flexibility index (Phi) is 3.43. The highest BCUT2D eigenvalue weighted by Crippen LogP contribution is 2.19. The fourth-order valence-corrected chi connectivity index (χ4v) is 1.75. The van der Waals surface area contributed by atoms with E-state index in [2.05, 4.69) is 10.1 Å². The molecule has 0 fully saturated rings. The Hall–Kier alpha value is -1.82. The highest BCUT2D eigenvalue weighted by atomic mass is 32.2. The number of nitrogens with two attached hydrogens (primary N) is 1. The van der Waals surface area contributed by atoms with Crippen LogP contribution in [0, 0.1) is 12.3 Å². The van der Waals surface area contributed by atoms with Crippen molar-refractivity contribution in [2.24, 2.45) is 5.73 Å². The maximum Gasteiger partial charge on any atom is 0.257 e. The Bertz CT molecular complexity index is 538. The molecule has 0 unspecified atom stereocenters. The predicted molar refractivity (Wildman–Crippen MR) is 67.7 cm³/mol. The van der Waals surface area contributed by atoms with Crippen molar-refractivity contribution in [1.82, 2.24) is 10.1 Å². The van der Waals surface area contributed by atoms with Gasteiger partial charge in [0.25, 0.3) is 5.89 Å². The normalized spacial score (nSPS) is 10.4. The van der Waals surface area contributed by atoms with Crippen molar-refractivity contribution in [3.63, 3.8) is 0 Å². The van der Waals surface area contributed by atoms with Crippen molar-refractivity contribution in [3.05, 3.63) is 35.7 Å². The SMILES string of the molecule is Cc1cccc(-c2nc(CSC(=N)N)no2)c1. The monoisotopic (exact) mass is 248 g/mol. The molecule has 17 heavy (non-hydrogen) atoms. The molecule has 0 saturated carbocycles. The molecule has 0 atom stereocenters. The summed E-state index contributed by atoms with van der Waals surface area (Å²) < 4.78 is 5.15. The zero-order chi connectivity index (χ0) is 12.3. The van der Waals surface area contributed by atoms with Crippen LogP contribution in [0.25, 0.3) is 11.5 Å². The zero-order valence-corrected chi connectivity index (χ0v) is 10.1. The van der Waals surface area contributed by atoms with Gasteiger partial charge in [-0.05, 0) is 19.1 Å². The molecule has 0 radical (unpaired) electrons. The molecule has 0 bridgehead atoms. The fraction of sp³-hybridized carbons (Fsp3) is 0.182. The van der Waals surface area contributed by atoms with Crippen molar-refractivity contribution in [2.75, 3.05) is 0 Å². The Morgan fingerprint density at radius 2 is 2.35 bits per heavy atom. The van der Waals surface area contributed by atoms with Crippen molar-refractivity contribution < 1.29 is 4.52 Å². The first-order valence-corrected chi connectivity index (χ1v) is 6.00. The summed E-state index contributed by atoms with van der Waals surface area (Å²) in [6.45, 7) is 2.01. The molecule has 0 amide bonds. The first-order valence-electron chi connectivity index (χ1n) is 5.01. The molecular formula is C11H12N4OS. The van der Waals surface area contributed by atoms with E-state index in [1.807, 2.05) is 31.2 Å². The lowest BCUT2D eigenvalue weighted by atomic mass is 10.1. The minimum atomic E-state index is 0.0481. The summed E-state index contributed by atoms with van der Waals surface area (Å²) in [4.78, 5) is 4.24. The number of hydrogen-bond donors (Lipinski definition) is 2. The van der Waals surface area contributed by atoms with Crippen LogP contribution < -0.4 is 5.73 Å². The highest BCUT2D eigenvalue weighted by molar-refractivity contribution is 8.12. The summed E-state index contributed by atoms with van der Waals surface area (Å²) in [6.07, 6.45) is 0. The maximum absolute atomic E-state index is 7.10. The van der Waals surface area contributed by atoms with Gasteiger partial charge in [-0.2, -0.15) is 4.98 Å². The Labute approximate surface area is 103 Å². The molecule has 0 aliphatic heterocycles. The van der Waals surface area contributed by atoms with Gasteiger partial charge in [-0.15, -0.1) is 0 Å². The first kappa shape index (κ1) is 11.7. The Morgan fingerprint density at radius 3 is 3.06 bits per heavy atom. The average molecular weight is 248 g/mol. The molecule has 1 aromatic heterocycles. The molecule has 0 aliphatic rings. The molecule has 3 N–H and O–H groups in total. The van der Waals surface area contributed by atoms with E-state index in [9.17, 15) is 0 Å². The number of benzene rings is 1. The van der Waals surface area contributed by atoms with Crippen molar-refractivity contribution >= 4 is 16.9 Å². The third-order valence-corrected chi connectivity index (χ3v) is 2.80. The van der Waals surface area contributed by atoms with Crippen LogP contribution in [0.1, 0.15) is 11.4 Å². The van der Waals surface area contributed by atoms with Gasteiger partial charge in [0.2, 0.25) is 0 Å². The largest absolute Gasteiger partial charge is 0.379 e. The highest BCUT2D eigenvalue weighted by Gasteiger charge is 2.09. The second-order valence-corrected chi connectivity index (χ2v) is 4.56. The van der Waals surface area contributed by atoms with Gasteiger partial charge in [0.15, 0.2) is 11.0 Å². The smallest absolute Gasteiger partial charge is 0.257 e. The Morgan fingerprint density at radius 1 is 1.53 bits per heavy atom. The summed E-state index contributed by atoms with van der Waals surface area (Å²) >= 11 is 1.17. The van der Waals surface area contributed by atoms with Crippen molar-refractivity contribution in [1.29, 1.82) is 5.41 Å². The van der Waals surface area contributed by atoms with Crippen LogP contribution in [-0.2, 0) is 5.75 Å². The number of amidine groups is 1. The summed E-state index contributed by atoms with van der Waals surface area (Å²) in [6, 6.07) is 7.85. The van der Waals surface area contributed by atoms with Gasteiger partial charge in [-0.3, -0.25) is 5.41 Å². The number of nitrogens with one attached hydrogen (secondary N) is 1. The van der Waals surface area contributed by atoms with Gasteiger partial charge in [-0.25, -0.2) is 0 Å². The third kappa shape index (κ3) is 3.07. The second-order valence-electron chi connectivity index (χ2n) is 3.54. The molecule has 0 saturated heterocycles. The van der Waals surface area contributed by atoms with Gasteiger partial charge in [0.05, 0.1) is 5.75 Å². The number of aromatic nitrogens is 2. The number of hydrogen-bond acceptors (Lipinski definition) is 5. The van der Waals surface area contributed by atoms with Crippen LogP contribution in [0.15, 0.2) is 28.8 Å². The summed E-state index contributed by atoms with van der Waals surface area (Å²) in [5.74, 6) is 1.49. The topological polar surface area (TPSA) is 88.8 Å². The van der Waals surface area contributed by atoms with E-state index >= 15 is 0 Å². The molecule has 2 rings (SSSR count). The van der Waals surface area contributed by atoms with Gasteiger partial charge in [-0.1, -0.05) is 34.6 Å². The molecule has 1 aromatic carbocycles. The lowest BCUT2D eigenvalue weighted by molar-refractivity contribution is 0.425. The molecule has 0 spiro atoms. The summed E-state index contributed by atoms with van der Waals surface area (Å²) in [7, 11) is 0. The molecule has 1 heterocycles. The molecule has 5 nitrogen and oxygen atoms in total. The van der Waals surface area contributed by atoms with Crippen molar-refractivity contribution in [3.8, 4) is 11.5 Å². The lowest BCUT2D eigenvalue weighted by Gasteiger charge is -1.95. The van der Waals surface area contributed by atoms with E-state index in [-0.39, 0.29) is 5.17 Å². The minimum Gasteiger partial charge on any atom is -0.379 e. The average Bonchev–Trinajstić information content (AvgIpc) is 2.75. The van der Waals surface area contributed by atoms with Crippen LogP contribution in [-0.4, -0.2) is 15.3 Å².